The van der Waals surface area contributed by atoms with Crippen LogP contribution in [0.15, 0.2) is 12.1 Å². The van der Waals surface area contributed by atoms with Crippen LogP contribution in [0.4, 0.5) is 0 Å². The van der Waals surface area contributed by atoms with Gasteiger partial charge in [0.2, 0.25) is 5.28 Å². The molecule has 0 saturated heterocycles. The summed E-state index contributed by atoms with van der Waals surface area (Å²) in [7, 11) is 0. The Morgan fingerprint density at radius 2 is 2.08 bits per heavy atom. The molecular weight excluding hydrogens is 235 g/mol. The largest absolute Gasteiger partial charge is 0.234 e. The molecule has 2 heterocycles. The Bertz CT molecular complexity index is 357. The number of nitrogens with zero attached hydrogens (tertiary/aromatic N) is 2. The second kappa shape index (κ2) is 3.30. The van der Waals surface area contributed by atoms with Crippen LogP contribution in [-0.4, -0.2) is 9.36 Å². The molecule has 0 amide bonds. The van der Waals surface area contributed by atoms with Gasteiger partial charge in [0, 0.05) is 0 Å². The summed E-state index contributed by atoms with van der Waals surface area (Å²) >= 11 is 14.1. The minimum Gasteiger partial charge on any atom is -0.204 e. The molecule has 0 aliphatic heterocycles. The number of thiophene rings is 1. The Morgan fingerprint density at radius 1 is 1.25 bits per heavy atom. The maximum Gasteiger partial charge on any atom is 0.234 e. The highest BCUT2D eigenvalue weighted by Crippen LogP contribution is 2.32. The van der Waals surface area contributed by atoms with Gasteiger partial charge in [0.15, 0.2) is 5.01 Å². The van der Waals surface area contributed by atoms with Crippen LogP contribution in [-0.2, 0) is 0 Å². The first-order valence-corrected chi connectivity index (χ1v) is 5.35. The lowest BCUT2D eigenvalue weighted by Gasteiger charge is -1.82. The lowest BCUT2D eigenvalue weighted by molar-refractivity contribution is 1.34. The third-order valence-corrected chi connectivity index (χ3v) is 3.57. The third kappa shape index (κ3) is 1.61. The van der Waals surface area contributed by atoms with E-state index in [4.69, 9.17) is 23.2 Å². The summed E-state index contributed by atoms with van der Waals surface area (Å²) in [6.07, 6.45) is 0. The van der Waals surface area contributed by atoms with Gasteiger partial charge < -0.3 is 0 Å². The molecule has 6 heteroatoms. The fraction of sp³-hybridized carbons (Fsp3) is 0. The van der Waals surface area contributed by atoms with Crippen molar-refractivity contribution in [1.29, 1.82) is 0 Å². The van der Waals surface area contributed by atoms with Crippen LogP contribution in [0.25, 0.3) is 9.88 Å². The predicted molar refractivity (Wildman–Crippen MR) is 53.2 cm³/mol. The Hall–Kier alpha value is -0.160. The van der Waals surface area contributed by atoms with Crippen LogP contribution >= 0.6 is 46.1 Å². The minimum absolute atomic E-state index is 0.291. The molecule has 0 saturated carbocycles. The summed E-state index contributed by atoms with van der Waals surface area (Å²) in [5, 5.41) is 1.11. The number of hydrogen-bond acceptors (Lipinski definition) is 4. The lowest BCUT2D eigenvalue weighted by atomic mass is 10.5. The molecule has 0 atom stereocenters. The topological polar surface area (TPSA) is 25.8 Å². The van der Waals surface area contributed by atoms with Crippen molar-refractivity contribution < 1.29 is 0 Å². The molecule has 2 aromatic heterocycles. The van der Waals surface area contributed by atoms with Crippen LogP contribution in [0, 0.1) is 0 Å². The number of rotatable bonds is 1. The second-order valence-corrected chi connectivity index (χ2v) is 4.78. The molecule has 2 aromatic rings. The second-order valence-electron chi connectivity index (χ2n) is 1.97. The van der Waals surface area contributed by atoms with Gasteiger partial charge in [-0.15, -0.1) is 11.3 Å². The standard InChI is InChI=1S/C6H2Cl2N2S2/c7-4-2-1-3(11-4)5-9-6(8)10-12-5/h1-2H. The molecule has 0 radical (unpaired) electrons. The van der Waals surface area contributed by atoms with Gasteiger partial charge in [-0.25, -0.2) is 4.98 Å². The molecule has 0 N–H and O–H groups in total. The van der Waals surface area contributed by atoms with Crippen molar-refractivity contribution >= 4 is 46.1 Å². The van der Waals surface area contributed by atoms with Gasteiger partial charge >= 0.3 is 0 Å². The Morgan fingerprint density at radius 3 is 2.58 bits per heavy atom. The number of hydrogen-bond donors (Lipinski definition) is 0. The minimum atomic E-state index is 0.291. The molecule has 0 bridgehead atoms. The van der Waals surface area contributed by atoms with E-state index in [1.165, 1.54) is 22.9 Å². The maximum atomic E-state index is 5.76. The zero-order valence-corrected chi connectivity index (χ0v) is 8.77. The molecule has 12 heavy (non-hydrogen) atoms. The molecular formula is C6H2Cl2N2S2. The van der Waals surface area contributed by atoms with Crippen molar-refractivity contribution in [3.05, 3.63) is 21.8 Å². The van der Waals surface area contributed by atoms with Gasteiger partial charge in [0.05, 0.1) is 9.21 Å². The summed E-state index contributed by atoms with van der Waals surface area (Å²) in [5.41, 5.74) is 0. The Kier molecular flexibility index (Phi) is 2.32. The van der Waals surface area contributed by atoms with Crippen LogP contribution in [0.1, 0.15) is 0 Å². The predicted octanol–water partition coefficient (Wildman–Crippen LogP) is 3.57. The normalized spacial score (nSPS) is 10.5. The van der Waals surface area contributed by atoms with E-state index in [0.717, 1.165) is 14.2 Å². The summed E-state index contributed by atoms with van der Waals surface area (Å²) in [6, 6.07) is 3.74. The molecule has 0 aliphatic rings. The molecule has 0 spiro atoms. The van der Waals surface area contributed by atoms with Crippen molar-refractivity contribution in [3.63, 3.8) is 0 Å². The summed E-state index contributed by atoms with van der Waals surface area (Å²) in [4.78, 5) is 5.02. The highest BCUT2D eigenvalue weighted by Gasteiger charge is 2.06. The van der Waals surface area contributed by atoms with E-state index in [-0.39, 0.29) is 0 Å². The summed E-state index contributed by atoms with van der Waals surface area (Å²) < 4.78 is 4.61. The van der Waals surface area contributed by atoms with E-state index < -0.39 is 0 Å². The fourth-order valence-electron chi connectivity index (χ4n) is 0.735. The molecule has 0 aliphatic carbocycles. The monoisotopic (exact) mass is 236 g/mol. The zero-order valence-electron chi connectivity index (χ0n) is 5.62. The van der Waals surface area contributed by atoms with Crippen molar-refractivity contribution in [2.24, 2.45) is 0 Å². The summed E-state index contributed by atoms with van der Waals surface area (Å²) in [5.74, 6) is 0. The van der Waals surface area contributed by atoms with Crippen molar-refractivity contribution in [3.8, 4) is 9.88 Å². The molecule has 0 aromatic carbocycles. The fourth-order valence-corrected chi connectivity index (χ4v) is 2.63. The number of aromatic nitrogens is 2. The SMILES string of the molecule is Clc1nsc(-c2ccc(Cl)s2)n1. The van der Waals surface area contributed by atoms with Crippen LogP contribution in [0.3, 0.4) is 0 Å². The molecule has 62 valence electrons. The zero-order chi connectivity index (χ0) is 8.55. The van der Waals surface area contributed by atoms with E-state index >= 15 is 0 Å². The first-order valence-electron chi connectivity index (χ1n) is 3.00. The molecule has 0 unspecified atom stereocenters. The van der Waals surface area contributed by atoms with Gasteiger partial charge in [-0.05, 0) is 35.3 Å². The van der Waals surface area contributed by atoms with Crippen LogP contribution < -0.4 is 0 Å². The van der Waals surface area contributed by atoms with E-state index in [1.54, 1.807) is 0 Å². The molecule has 0 fully saturated rings. The summed E-state index contributed by atoms with van der Waals surface area (Å²) in [6.45, 7) is 0. The van der Waals surface area contributed by atoms with E-state index in [9.17, 15) is 0 Å². The molecule has 2 nitrogen and oxygen atoms in total. The first-order chi connectivity index (χ1) is 5.75. The maximum absolute atomic E-state index is 5.76. The Labute approximate surface area is 87.0 Å². The average molecular weight is 237 g/mol. The third-order valence-electron chi connectivity index (χ3n) is 1.19. The van der Waals surface area contributed by atoms with E-state index in [1.807, 2.05) is 12.1 Å². The smallest absolute Gasteiger partial charge is 0.204 e. The van der Waals surface area contributed by atoms with Crippen molar-refractivity contribution in [2.45, 2.75) is 0 Å². The lowest BCUT2D eigenvalue weighted by Crippen LogP contribution is -1.66. The first kappa shape index (κ1) is 8.44. The average Bonchev–Trinajstić information content (AvgIpc) is 2.58. The van der Waals surface area contributed by atoms with Crippen molar-refractivity contribution in [1.82, 2.24) is 9.36 Å². The van der Waals surface area contributed by atoms with Gasteiger partial charge in [-0.2, -0.15) is 4.37 Å². The van der Waals surface area contributed by atoms with Gasteiger partial charge in [0.25, 0.3) is 0 Å². The highest BCUT2D eigenvalue weighted by atomic mass is 35.5. The van der Waals surface area contributed by atoms with E-state index in [0.29, 0.717) is 5.28 Å². The quantitative estimate of drug-likeness (QED) is 0.757. The number of halogens is 2. The van der Waals surface area contributed by atoms with Crippen LogP contribution in [0.2, 0.25) is 9.62 Å². The van der Waals surface area contributed by atoms with Gasteiger partial charge in [-0.1, -0.05) is 11.6 Å². The van der Waals surface area contributed by atoms with Gasteiger partial charge in [0.1, 0.15) is 0 Å². The van der Waals surface area contributed by atoms with Crippen LogP contribution in [0.5, 0.6) is 0 Å². The molecule has 2 rings (SSSR count). The van der Waals surface area contributed by atoms with Crippen molar-refractivity contribution in [2.75, 3.05) is 0 Å². The van der Waals surface area contributed by atoms with Gasteiger partial charge in [-0.3, -0.25) is 0 Å². The highest BCUT2D eigenvalue weighted by molar-refractivity contribution is 7.22. The van der Waals surface area contributed by atoms with E-state index in [2.05, 4.69) is 9.36 Å². The Balaban J connectivity index is 2.43.